The van der Waals surface area contributed by atoms with Crippen molar-refractivity contribution in [3.05, 3.63) is 41.7 Å². The van der Waals surface area contributed by atoms with Crippen molar-refractivity contribution in [3.63, 3.8) is 0 Å². The van der Waals surface area contributed by atoms with E-state index in [0.717, 1.165) is 71.2 Å². The Morgan fingerprint density at radius 2 is 1.76 bits per heavy atom. The Morgan fingerprint density at radius 1 is 1.09 bits per heavy atom. The molecule has 7 heteroatoms. The fourth-order valence-electron chi connectivity index (χ4n) is 4.89. The summed E-state index contributed by atoms with van der Waals surface area (Å²) in [7, 11) is 0. The van der Waals surface area contributed by atoms with Gasteiger partial charge in [-0.05, 0) is 82.0 Å². The van der Waals surface area contributed by atoms with Crippen molar-refractivity contribution in [1.29, 1.82) is 0 Å². The van der Waals surface area contributed by atoms with Crippen LogP contribution < -0.4 is 5.73 Å². The molecule has 0 aliphatic carbocycles. The number of benzene rings is 1. The van der Waals surface area contributed by atoms with Crippen molar-refractivity contribution in [2.24, 2.45) is 5.73 Å². The number of hydrogen-bond acceptors (Lipinski definition) is 5. The van der Waals surface area contributed by atoms with Crippen molar-refractivity contribution in [1.82, 2.24) is 9.80 Å². The van der Waals surface area contributed by atoms with Gasteiger partial charge in [-0.25, -0.2) is 4.39 Å². The summed E-state index contributed by atoms with van der Waals surface area (Å²) in [4.78, 5) is 29.3. The van der Waals surface area contributed by atoms with E-state index in [0.29, 0.717) is 24.2 Å². The smallest absolute Gasteiger partial charge is 0.311 e. The van der Waals surface area contributed by atoms with Crippen LogP contribution in [0.4, 0.5) is 4.39 Å². The minimum absolute atomic E-state index is 0.193. The summed E-state index contributed by atoms with van der Waals surface area (Å²) in [5.41, 5.74) is 6.07. The van der Waals surface area contributed by atoms with Gasteiger partial charge < -0.3 is 15.4 Å². The number of halogens is 1. The van der Waals surface area contributed by atoms with E-state index in [1.165, 1.54) is 18.6 Å². The molecule has 0 atom stereocenters. The molecule has 182 valence electrons. The second kappa shape index (κ2) is 12.3. The van der Waals surface area contributed by atoms with Gasteiger partial charge in [0.05, 0.1) is 0 Å². The fourth-order valence-corrected chi connectivity index (χ4v) is 4.89. The number of carbonyl (C=O) groups is 2. The Hall–Kier alpha value is -2.25. The van der Waals surface area contributed by atoms with Gasteiger partial charge in [0.2, 0.25) is 5.91 Å². The lowest BCUT2D eigenvalue weighted by Gasteiger charge is -2.48. The van der Waals surface area contributed by atoms with Gasteiger partial charge in [0.25, 0.3) is 0 Å². The van der Waals surface area contributed by atoms with E-state index in [2.05, 4.69) is 9.80 Å². The number of likely N-dealkylation sites (tertiary alicyclic amines) is 2. The van der Waals surface area contributed by atoms with Crippen molar-refractivity contribution in [2.75, 3.05) is 32.7 Å². The molecule has 1 aromatic carbocycles. The summed E-state index contributed by atoms with van der Waals surface area (Å²) in [6.07, 6.45) is 9.67. The summed E-state index contributed by atoms with van der Waals surface area (Å²) in [5.74, 6) is -0.303. The summed E-state index contributed by atoms with van der Waals surface area (Å²) in [6, 6.07) is 6.01. The molecule has 6 nitrogen and oxygen atoms in total. The molecular formula is C26H38FN3O3. The molecule has 2 heterocycles. The maximum Gasteiger partial charge on any atom is 0.311 e. The van der Waals surface area contributed by atoms with Gasteiger partial charge in [-0.3, -0.25) is 14.5 Å². The quantitative estimate of drug-likeness (QED) is 0.421. The Labute approximate surface area is 196 Å². The molecule has 0 spiro atoms. The van der Waals surface area contributed by atoms with E-state index in [1.54, 1.807) is 12.1 Å². The minimum Gasteiger partial charge on any atom is -0.426 e. The minimum atomic E-state index is -0.513. The lowest BCUT2D eigenvalue weighted by atomic mass is 9.83. The van der Waals surface area contributed by atoms with Crippen molar-refractivity contribution in [3.8, 4) is 0 Å². The molecule has 2 N–H and O–H groups in total. The predicted octanol–water partition coefficient (Wildman–Crippen LogP) is 4.10. The molecule has 1 amide bonds. The molecular weight excluding hydrogens is 421 g/mol. The first-order chi connectivity index (χ1) is 15.9. The molecule has 3 rings (SSSR count). The number of hydrogen-bond donors (Lipinski definition) is 1. The molecule has 0 unspecified atom stereocenters. The zero-order chi connectivity index (χ0) is 23.7. The van der Waals surface area contributed by atoms with Crippen LogP contribution in [0.3, 0.4) is 0 Å². The average Bonchev–Trinajstić information content (AvgIpc) is 2.83. The number of rotatable bonds is 10. The van der Waals surface area contributed by atoms with Crippen LogP contribution in [-0.2, 0) is 14.3 Å². The van der Waals surface area contributed by atoms with Crippen LogP contribution in [0.15, 0.2) is 30.3 Å². The van der Waals surface area contributed by atoms with Gasteiger partial charge in [-0.15, -0.1) is 0 Å². The number of ether oxygens (including phenoxy) is 1. The first-order valence-corrected chi connectivity index (χ1v) is 12.4. The fraction of sp³-hybridized carbons (Fsp3) is 0.615. The second-order valence-electron chi connectivity index (χ2n) is 9.23. The van der Waals surface area contributed by atoms with Gasteiger partial charge in [0, 0.05) is 31.6 Å². The molecule has 2 saturated heterocycles. The Bertz CT molecular complexity index is 811. The summed E-state index contributed by atoms with van der Waals surface area (Å²) in [5, 5.41) is 0. The highest BCUT2D eigenvalue weighted by Gasteiger charge is 2.44. The van der Waals surface area contributed by atoms with E-state index in [4.69, 9.17) is 10.5 Å². The van der Waals surface area contributed by atoms with Gasteiger partial charge in [-0.1, -0.05) is 19.8 Å². The SMILES string of the molecule is CCCCC(=O)O/C(=C\CCN1CCC(C(N)=O)(N2CCCCC2)CC1)c1ccc(F)cc1. The number of unbranched alkanes of at least 4 members (excludes halogenated alkanes) is 1. The number of nitrogens with zero attached hydrogens (tertiary/aromatic N) is 2. The Kier molecular flexibility index (Phi) is 9.44. The van der Waals surface area contributed by atoms with E-state index < -0.39 is 5.54 Å². The third-order valence-corrected chi connectivity index (χ3v) is 6.97. The number of carbonyl (C=O) groups excluding carboxylic acids is 2. The largest absolute Gasteiger partial charge is 0.426 e. The highest BCUT2D eigenvalue weighted by Crippen LogP contribution is 2.31. The lowest BCUT2D eigenvalue weighted by molar-refractivity contribution is -0.137. The van der Waals surface area contributed by atoms with Crippen LogP contribution in [0.5, 0.6) is 0 Å². The van der Waals surface area contributed by atoms with Crippen LogP contribution in [0.1, 0.15) is 70.3 Å². The summed E-state index contributed by atoms with van der Waals surface area (Å²) < 4.78 is 19.0. The van der Waals surface area contributed by atoms with E-state index in [1.807, 2.05) is 13.0 Å². The Morgan fingerprint density at radius 3 is 2.36 bits per heavy atom. The van der Waals surface area contributed by atoms with Crippen molar-refractivity contribution in [2.45, 2.75) is 70.3 Å². The number of primary amides is 1. The highest BCUT2D eigenvalue weighted by molar-refractivity contribution is 5.85. The van der Waals surface area contributed by atoms with Crippen LogP contribution in [0.25, 0.3) is 5.76 Å². The monoisotopic (exact) mass is 459 g/mol. The van der Waals surface area contributed by atoms with E-state index in [-0.39, 0.29) is 17.7 Å². The molecule has 0 bridgehead atoms. The van der Waals surface area contributed by atoms with E-state index in [9.17, 15) is 14.0 Å². The number of amides is 1. The topological polar surface area (TPSA) is 75.9 Å². The highest BCUT2D eigenvalue weighted by atomic mass is 19.1. The van der Waals surface area contributed by atoms with Crippen molar-refractivity contribution >= 4 is 17.6 Å². The molecule has 2 fully saturated rings. The van der Waals surface area contributed by atoms with Crippen LogP contribution in [-0.4, -0.2) is 59.9 Å². The van der Waals surface area contributed by atoms with Gasteiger partial charge in [-0.2, -0.15) is 0 Å². The summed E-state index contributed by atoms with van der Waals surface area (Å²) in [6.45, 7) is 6.37. The molecule has 0 radical (unpaired) electrons. The zero-order valence-corrected chi connectivity index (χ0v) is 19.9. The third-order valence-electron chi connectivity index (χ3n) is 6.97. The summed E-state index contributed by atoms with van der Waals surface area (Å²) >= 11 is 0. The third kappa shape index (κ3) is 6.87. The molecule has 1 aromatic rings. The standard InChI is InChI=1S/C26H38FN3O3/c1-2-3-9-24(31)33-23(21-10-12-22(27)13-11-21)8-7-16-29-19-14-26(15-20-29,25(28)32)30-17-5-4-6-18-30/h8,10-13H,2-7,9,14-20H2,1H3,(H2,28,32)/b23-8-. The van der Waals surface area contributed by atoms with Crippen LogP contribution in [0.2, 0.25) is 0 Å². The first-order valence-electron chi connectivity index (χ1n) is 12.4. The maximum absolute atomic E-state index is 13.4. The van der Waals surface area contributed by atoms with Crippen molar-refractivity contribution < 1.29 is 18.7 Å². The Balaban J connectivity index is 1.59. The van der Waals surface area contributed by atoms with Gasteiger partial charge in [0.15, 0.2) is 0 Å². The van der Waals surface area contributed by atoms with E-state index >= 15 is 0 Å². The molecule has 0 aromatic heterocycles. The van der Waals surface area contributed by atoms with Crippen LogP contribution in [0, 0.1) is 5.82 Å². The first kappa shape index (κ1) is 25.4. The zero-order valence-electron chi connectivity index (χ0n) is 19.9. The molecule has 0 saturated carbocycles. The molecule has 2 aliphatic heterocycles. The molecule has 2 aliphatic rings. The maximum atomic E-state index is 13.4. The van der Waals surface area contributed by atoms with Crippen LogP contribution >= 0.6 is 0 Å². The lowest BCUT2D eigenvalue weighted by Crippen LogP contribution is -2.63. The number of nitrogens with two attached hydrogens (primary N) is 1. The normalized spacial score (nSPS) is 19.9. The average molecular weight is 460 g/mol. The van der Waals surface area contributed by atoms with Gasteiger partial charge in [0.1, 0.15) is 17.1 Å². The van der Waals surface area contributed by atoms with Gasteiger partial charge >= 0.3 is 5.97 Å². The molecule has 33 heavy (non-hydrogen) atoms. The second-order valence-corrected chi connectivity index (χ2v) is 9.23. The number of piperidine rings is 2. The number of esters is 1. The predicted molar refractivity (Wildman–Crippen MR) is 128 cm³/mol.